The maximum absolute atomic E-state index is 13.3. The van der Waals surface area contributed by atoms with Gasteiger partial charge in [-0.2, -0.15) is 0 Å². The molecule has 0 spiro atoms. The molecule has 0 aromatic heterocycles. The number of carbonyl (C=O) groups excluding carboxylic acids is 2. The number of methoxy groups -OCH3 is 1. The summed E-state index contributed by atoms with van der Waals surface area (Å²) in [7, 11) is 1.60. The van der Waals surface area contributed by atoms with E-state index in [9.17, 15) is 9.59 Å². The first-order valence-electron chi connectivity index (χ1n) is 11.3. The summed E-state index contributed by atoms with van der Waals surface area (Å²) < 4.78 is 12.0. The second-order valence-corrected chi connectivity index (χ2v) is 9.37. The fraction of sp³-hybridized carbons (Fsp3) is 0.333. The Kier molecular flexibility index (Phi) is 8.93. The monoisotopic (exact) mass is 526 g/mol. The topological polar surface area (TPSA) is 67.9 Å². The summed E-state index contributed by atoms with van der Waals surface area (Å²) in [5.41, 5.74) is 0.864. The summed E-state index contributed by atoms with van der Waals surface area (Å²) in [6, 6.07) is 18.5. The van der Waals surface area contributed by atoms with Crippen LogP contribution in [-0.2, 0) is 16.1 Å². The summed E-state index contributed by atoms with van der Waals surface area (Å²) in [5.74, 6) is 1.10. The maximum atomic E-state index is 13.3. The molecule has 3 rings (SSSR count). The number of hydrogen-bond donors (Lipinski definition) is 1. The zero-order valence-electron chi connectivity index (χ0n) is 20.0. The molecule has 6 nitrogen and oxygen atoms in total. The molecule has 0 bridgehead atoms. The highest BCUT2D eigenvalue weighted by Gasteiger charge is 2.27. The first-order valence-corrected chi connectivity index (χ1v) is 12.1. The molecule has 7 heteroatoms. The third-order valence-electron chi connectivity index (χ3n) is 5.52. The lowest BCUT2D eigenvalue weighted by atomic mass is 10.1. The third kappa shape index (κ3) is 6.50. The van der Waals surface area contributed by atoms with Gasteiger partial charge in [0.15, 0.2) is 6.61 Å². The van der Waals surface area contributed by atoms with Crippen molar-refractivity contribution in [2.45, 2.75) is 33.4 Å². The second kappa shape index (κ2) is 11.9. The van der Waals surface area contributed by atoms with Crippen molar-refractivity contribution in [2.75, 3.05) is 20.3 Å². The lowest BCUT2D eigenvalue weighted by Gasteiger charge is -2.29. The van der Waals surface area contributed by atoms with Crippen LogP contribution in [0.5, 0.6) is 11.5 Å². The lowest BCUT2D eigenvalue weighted by molar-refractivity contribution is -0.142. The van der Waals surface area contributed by atoms with E-state index < -0.39 is 6.04 Å². The highest BCUT2D eigenvalue weighted by Crippen LogP contribution is 2.33. The molecular formula is C27H31BrN2O4. The summed E-state index contributed by atoms with van der Waals surface area (Å²) in [6.45, 7) is 6.40. The van der Waals surface area contributed by atoms with E-state index >= 15 is 0 Å². The van der Waals surface area contributed by atoms with Crippen LogP contribution in [0.1, 0.15) is 26.3 Å². The predicted octanol–water partition coefficient (Wildman–Crippen LogP) is 5.18. The van der Waals surface area contributed by atoms with E-state index in [-0.39, 0.29) is 25.0 Å². The van der Waals surface area contributed by atoms with Gasteiger partial charge in [0, 0.05) is 13.1 Å². The Labute approximate surface area is 209 Å². The van der Waals surface area contributed by atoms with Gasteiger partial charge in [0.25, 0.3) is 5.91 Å². The van der Waals surface area contributed by atoms with Gasteiger partial charge in [-0.25, -0.2) is 0 Å². The molecule has 0 saturated carbocycles. The van der Waals surface area contributed by atoms with E-state index in [4.69, 9.17) is 9.47 Å². The SMILES string of the molecule is COc1cccc(CN(C(=O)COc2ccc3ccccc3c2Br)C(C)C(=O)NCC(C)C)c1. The second-order valence-electron chi connectivity index (χ2n) is 8.58. The molecular weight excluding hydrogens is 496 g/mol. The highest BCUT2D eigenvalue weighted by atomic mass is 79.9. The summed E-state index contributed by atoms with van der Waals surface area (Å²) in [6.07, 6.45) is 0. The van der Waals surface area contributed by atoms with Gasteiger partial charge in [0.2, 0.25) is 5.91 Å². The van der Waals surface area contributed by atoms with Crippen molar-refractivity contribution in [3.8, 4) is 11.5 Å². The van der Waals surface area contributed by atoms with Gasteiger partial charge in [0.05, 0.1) is 11.6 Å². The molecule has 1 unspecified atom stereocenters. The zero-order chi connectivity index (χ0) is 24.7. The Hall–Kier alpha value is -3.06. The third-order valence-corrected chi connectivity index (χ3v) is 6.34. The van der Waals surface area contributed by atoms with E-state index in [1.165, 1.54) is 0 Å². The van der Waals surface area contributed by atoms with E-state index in [0.29, 0.717) is 24.0 Å². The van der Waals surface area contributed by atoms with Crippen molar-refractivity contribution >= 4 is 38.5 Å². The molecule has 0 aliphatic rings. The predicted molar refractivity (Wildman–Crippen MR) is 138 cm³/mol. The largest absolute Gasteiger partial charge is 0.497 e. The number of ether oxygens (including phenoxy) is 2. The molecule has 0 radical (unpaired) electrons. The first-order chi connectivity index (χ1) is 16.3. The summed E-state index contributed by atoms with van der Waals surface area (Å²) >= 11 is 3.60. The quantitative estimate of drug-likeness (QED) is 0.395. The van der Waals surface area contributed by atoms with Gasteiger partial charge in [-0.15, -0.1) is 0 Å². The highest BCUT2D eigenvalue weighted by molar-refractivity contribution is 9.10. The Morgan fingerprint density at radius 1 is 1.03 bits per heavy atom. The number of hydrogen-bond acceptors (Lipinski definition) is 4. The molecule has 34 heavy (non-hydrogen) atoms. The summed E-state index contributed by atoms with van der Waals surface area (Å²) in [5, 5.41) is 5.00. The fourth-order valence-corrected chi connectivity index (χ4v) is 4.16. The van der Waals surface area contributed by atoms with Crippen molar-refractivity contribution in [1.82, 2.24) is 10.2 Å². The number of nitrogens with one attached hydrogen (secondary N) is 1. The van der Waals surface area contributed by atoms with Crippen LogP contribution >= 0.6 is 15.9 Å². The number of amides is 2. The van der Waals surface area contributed by atoms with E-state index in [0.717, 1.165) is 20.8 Å². The van der Waals surface area contributed by atoms with Crippen LogP contribution in [-0.4, -0.2) is 43.0 Å². The average molecular weight is 527 g/mol. The van der Waals surface area contributed by atoms with E-state index in [1.54, 1.807) is 18.9 Å². The molecule has 0 heterocycles. The van der Waals surface area contributed by atoms with Crippen molar-refractivity contribution in [3.63, 3.8) is 0 Å². The van der Waals surface area contributed by atoms with Crippen LogP contribution in [0.3, 0.4) is 0 Å². The molecule has 1 atom stereocenters. The molecule has 0 saturated heterocycles. The molecule has 1 N–H and O–H groups in total. The Balaban J connectivity index is 1.79. The number of fused-ring (bicyclic) bond motifs is 1. The Morgan fingerprint density at radius 2 is 1.79 bits per heavy atom. The minimum absolute atomic E-state index is 0.192. The van der Waals surface area contributed by atoms with Crippen molar-refractivity contribution < 1.29 is 19.1 Å². The van der Waals surface area contributed by atoms with E-state index in [2.05, 4.69) is 21.2 Å². The Bertz CT molecular complexity index is 1150. The van der Waals surface area contributed by atoms with Crippen LogP contribution in [0.4, 0.5) is 0 Å². The molecule has 0 aliphatic carbocycles. The van der Waals surface area contributed by atoms with Gasteiger partial charge in [-0.3, -0.25) is 9.59 Å². The Morgan fingerprint density at radius 3 is 2.53 bits per heavy atom. The smallest absolute Gasteiger partial charge is 0.261 e. The van der Waals surface area contributed by atoms with Crippen molar-refractivity contribution in [2.24, 2.45) is 5.92 Å². The number of benzene rings is 3. The summed E-state index contributed by atoms with van der Waals surface area (Å²) in [4.78, 5) is 27.7. The van der Waals surface area contributed by atoms with Gasteiger partial charge >= 0.3 is 0 Å². The minimum atomic E-state index is -0.666. The molecule has 2 amide bonds. The first kappa shape index (κ1) is 25.6. The van der Waals surface area contributed by atoms with Gasteiger partial charge < -0.3 is 19.7 Å². The zero-order valence-corrected chi connectivity index (χ0v) is 21.6. The van der Waals surface area contributed by atoms with Gasteiger partial charge in [-0.05, 0) is 63.3 Å². The normalized spacial score (nSPS) is 11.8. The van der Waals surface area contributed by atoms with Crippen LogP contribution in [0.15, 0.2) is 65.1 Å². The van der Waals surface area contributed by atoms with Crippen LogP contribution < -0.4 is 14.8 Å². The minimum Gasteiger partial charge on any atom is -0.497 e. The van der Waals surface area contributed by atoms with Crippen LogP contribution in [0.2, 0.25) is 0 Å². The molecule has 3 aromatic carbocycles. The number of halogens is 1. The lowest BCUT2D eigenvalue weighted by Crippen LogP contribution is -2.49. The van der Waals surface area contributed by atoms with E-state index in [1.807, 2.05) is 74.5 Å². The standard InChI is InChI=1S/C27H31BrN2O4/c1-18(2)15-29-27(32)19(3)30(16-20-8-7-10-22(14-20)33-4)25(31)17-34-24-13-12-21-9-5-6-11-23(21)26(24)28/h5-14,18-19H,15-17H2,1-4H3,(H,29,32). The van der Waals surface area contributed by atoms with Gasteiger partial charge in [0.1, 0.15) is 17.5 Å². The van der Waals surface area contributed by atoms with Gasteiger partial charge in [-0.1, -0.05) is 56.3 Å². The molecule has 180 valence electrons. The molecule has 3 aromatic rings. The maximum Gasteiger partial charge on any atom is 0.261 e. The number of rotatable bonds is 10. The average Bonchev–Trinajstić information content (AvgIpc) is 2.85. The number of carbonyl (C=O) groups is 2. The molecule has 0 fully saturated rings. The van der Waals surface area contributed by atoms with Crippen molar-refractivity contribution in [3.05, 3.63) is 70.7 Å². The fourth-order valence-electron chi connectivity index (χ4n) is 3.55. The van der Waals surface area contributed by atoms with Crippen LogP contribution in [0.25, 0.3) is 10.8 Å². The number of nitrogens with zero attached hydrogens (tertiary/aromatic N) is 1. The van der Waals surface area contributed by atoms with Crippen LogP contribution in [0, 0.1) is 5.92 Å². The van der Waals surface area contributed by atoms with Crippen molar-refractivity contribution in [1.29, 1.82) is 0 Å². The molecule has 0 aliphatic heterocycles.